The van der Waals surface area contributed by atoms with Crippen LogP contribution < -0.4 is 0 Å². The number of aryl methyl sites for hydroxylation is 1. The molecule has 1 aliphatic heterocycles. The van der Waals surface area contributed by atoms with E-state index in [9.17, 15) is 9.90 Å². The fourth-order valence-corrected chi connectivity index (χ4v) is 3.92. The maximum Gasteiger partial charge on any atom is 0.204 e. The Balaban J connectivity index is 2.15. The molecule has 0 radical (unpaired) electrons. The minimum atomic E-state index is -0.122. The summed E-state index contributed by atoms with van der Waals surface area (Å²) in [5.74, 6) is -0.0574. The first-order valence-corrected chi connectivity index (χ1v) is 8.50. The van der Waals surface area contributed by atoms with Gasteiger partial charge in [-0.3, -0.25) is 9.79 Å². The Labute approximate surface area is 142 Å². The number of aromatic amines is 1. The monoisotopic (exact) mass is 324 g/mol. The second-order valence-corrected chi connectivity index (χ2v) is 6.51. The third-order valence-electron chi connectivity index (χ3n) is 5.24. The summed E-state index contributed by atoms with van der Waals surface area (Å²) in [4.78, 5) is 20.6. The molecule has 0 fully saturated rings. The van der Waals surface area contributed by atoms with Crippen LogP contribution >= 0.6 is 0 Å². The van der Waals surface area contributed by atoms with E-state index in [0.717, 1.165) is 46.7 Å². The summed E-state index contributed by atoms with van der Waals surface area (Å²) < 4.78 is 0. The number of carbonyl (C=O) groups excluding carboxylic acids is 1. The minimum Gasteiger partial charge on any atom is -0.506 e. The highest BCUT2D eigenvalue weighted by molar-refractivity contribution is 6.39. The fourth-order valence-electron chi connectivity index (χ4n) is 3.92. The van der Waals surface area contributed by atoms with E-state index >= 15 is 0 Å². The first kappa shape index (κ1) is 16.5. The van der Waals surface area contributed by atoms with Crippen LogP contribution in [0, 0.1) is 13.8 Å². The first-order chi connectivity index (χ1) is 11.3. The zero-order valence-corrected chi connectivity index (χ0v) is 15.2. The van der Waals surface area contributed by atoms with Crippen LogP contribution in [0.15, 0.2) is 33.2 Å². The Hall–Kier alpha value is -2.36. The highest BCUT2D eigenvalue weighted by Gasteiger charge is 2.40. The maximum absolute atomic E-state index is 12.8. The zero-order valence-electron chi connectivity index (χ0n) is 15.2. The zero-order chi connectivity index (χ0) is 17.8. The number of hydrogen-bond donors (Lipinski definition) is 2. The van der Waals surface area contributed by atoms with Crippen molar-refractivity contribution in [1.82, 2.24) is 4.98 Å². The minimum absolute atomic E-state index is 0.0651. The van der Waals surface area contributed by atoms with Gasteiger partial charge in [0.25, 0.3) is 0 Å². The number of nitrogens with one attached hydrogen (secondary N) is 1. The molecule has 0 saturated heterocycles. The van der Waals surface area contributed by atoms with Crippen molar-refractivity contribution in [1.29, 1.82) is 0 Å². The number of ketones is 1. The number of allylic oxidation sites excluding steroid dienone is 4. The predicted octanol–water partition coefficient (Wildman–Crippen LogP) is 4.50. The topological polar surface area (TPSA) is 65.5 Å². The Morgan fingerprint density at radius 1 is 1.04 bits per heavy atom. The normalized spacial score (nSPS) is 20.9. The molecule has 2 heterocycles. The number of rotatable bonds is 3. The van der Waals surface area contributed by atoms with Crippen molar-refractivity contribution in [3.63, 3.8) is 0 Å². The summed E-state index contributed by atoms with van der Waals surface area (Å²) in [7, 11) is 0. The third-order valence-corrected chi connectivity index (χ3v) is 5.24. The molecule has 0 bridgehead atoms. The largest absolute Gasteiger partial charge is 0.506 e. The van der Waals surface area contributed by atoms with Crippen molar-refractivity contribution in [3.8, 4) is 0 Å². The Morgan fingerprint density at radius 3 is 2.17 bits per heavy atom. The van der Waals surface area contributed by atoms with E-state index in [4.69, 9.17) is 0 Å². The number of aliphatic hydroxyl groups is 1. The highest BCUT2D eigenvalue weighted by Crippen LogP contribution is 2.43. The van der Waals surface area contributed by atoms with Crippen LogP contribution in [-0.2, 0) is 11.2 Å². The summed E-state index contributed by atoms with van der Waals surface area (Å²) >= 11 is 0. The molecule has 0 atom stereocenters. The van der Waals surface area contributed by atoms with Crippen LogP contribution in [0.4, 0.5) is 0 Å². The van der Waals surface area contributed by atoms with Gasteiger partial charge in [0.2, 0.25) is 5.78 Å². The molecule has 1 aromatic rings. The first-order valence-electron chi connectivity index (χ1n) is 8.50. The van der Waals surface area contributed by atoms with E-state index in [1.54, 1.807) is 0 Å². The molecule has 2 N–H and O–H groups in total. The molecule has 2 aliphatic rings. The SMILES string of the molecule is CCC1=C(C)/C(=C2/C(=O)C(c3[nH]c(C)c(CC)c3C)=C2O)N=C1C. The second-order valence-electron chi connectivity index (χ2n) is 6.51. The highest BCUT2D eigenvalue weighted by atomic mass is 16.3. The molecule has 0 amide bonds. The molecule has 0 spiro atoms. The number of H-pyrrole nitrogens is 1. The molecule has 0 unspecified atom stereocenters. The van der Waals surface area contributed by atoms with Crippen LogP contribution in [0.2, 0.25) is 0 Å². The smallest absolute Gasteiger partial charge is 0.204 e. The lowest BCUT2D eigenvalue weighted by atomic mass is 9.82. The molecule has 126 valence electrons. The Morgan fingerprint density at radius 2 is 1.71 bits per heavy atom. The summed E-state index contributed by atoms with van der Waals surface area (Å²) in [6.45, 7) is 12.1. The molecule has 3 rings (SSSR count). The Bertz CT molecular complexity index is 889. The van der Waals surface area contributed by atoms with Crippen molar-refractivity contribution in [2.75, 3.05) is 0 Å². The molecule has 4 heteroatoms. The third kappa shape index (κ3) is 2.05. The predicted molar refractivity (Wildman–Crippen MR) is 97.3 cm³/mol. The molecule has 1 aliphatic carbocycles. The number of aliphatic hydroxyl groups excluding tert-OH is 1. The van der Waals surface area contributed by atoms with Crippen molar-refractivity contribution in [3.05, 3.63) is 50.7 Å². The lowest BCUT2D eigenvalue weighted by molar-refractivity contribution is -0.111. The van der Waals surface area contributed by atoms with Gasteiger partial charge in [-0.05, 0) is 62.8 Å². The molecular formula is C20H24N2O2. The Kier molecular flexibility index (Phi) is 3.86. The van der Waals surface area contributed by atoms with E-state index in [0.29, 0.717) is 16.8 Å². The van der Waals surface area contributed by atoms with Crippen LogP contribution in [0.25, 0.3) is 5.57 Å². The summed E-state index contributed by atoms with van der Waals surface area (Å²) in [6.07, 6.45) is 1.77. The second kappa shape index (κ2) is 5.62. The number of Topliss-reactive ketones (excluding diaryl/α,β-unsaturated/α-hetero) is 1. The molecular weight excluding hydrogens is 300 g/mol. The summed E-state index contributed by atoms with van der Waals surface area (Å²) in [6, 6.07) is 0. The van der Waals surface area contributed by atoms with Crippen LogP contribution in [0.3, 0.4) is 0 Å². The van der Waals surface area contributed by atoms with Crippen molar-refractivity contribution in [2.45, 2.75) is 54.4 Å². The van der Waals surface area contributed by atoms with Gasteiger partial charge in [0.05, 0.1) is 22.5 Å². The van der Waals surface area contributed by atoms with E-state index in [1.807, 2.05) is 27.7 Å². The number of hydrogen-bond acceptors (Lipinski definition) is 3. The van der Waals surface area contributed by atoms with Crippen LogP contribution in [0.1, 0.15) is 56.6 Å². The van der Waals surface area contributed by atoms with Gasteiger partial charge in [0.15, 0.2) is 0 Å². The lowest BCUT2D eigenvalue weighted by Gasteiger charge is -2.22. The van der Waals surface area contributed by atoms with Gasteiger partial charge in [0, 0.05) is 11.4 Å². The number of carbonyl (C=O) groups is 1. The van der Waals surface area contributed by atoms with Gasteiger partial charge >= 0.3 is 0 Å². The van der Waals surface area contributed by atoms with Gasteiger partial charge < -0.3 is 10.1 Å². The summed E-state index contributed by atoms with van der Waals surface area (Å²) in [5, 5.41) is 10.6. The van der Waals surface area contributed by atoms with E-state index in [-0.39, 0.29) is 11.5 Å². The van der Waals surface area contributed by atoms with Crippen LogP contribution in [0.5, 0.6) is 0 Å². The lowest BCUT2D eigenvalue weighted by Crippen LogP contribution is -2.23. The molecule has 0 aromatic carbocycles. The van der Waals surface area contributed by atoms with Crippen molar-refractivity contribution >= 4 is 17.1 Å². The van der Waals surface area contributed by atoms with Gasteiger partial charge in [-0.1, -0.05) is 13.8 Å². The standard InChI is InChI=1S/C20H24N2O2/c1-7-13-9(3)17(21-11(13)5)15-19(23)16(20(15)24)18-10(4)14(8-2)12(6)22-18/h21,23H,7-8H2,1-6H3/b18-16-. The molecule has 24 heavy (non-hydrogen) atoms. The van der Waals surface area contributed by atoms with Gasteiger partial charge in [0.1, 0.15) is 5.76 Å². The number of nitrogens with zero attached hydrogens (tertiary/aromatic N) is 1. The number of aliphatic imine (C=N–C) groups is 1. The summed E-state index contributed by atoms with van der Waals surface area (Å²) in [5.41, 5.74) is 8.52. The quantitative estimate of drug-likeness (QED) is 0.804. The van der Waals surface area contributed by atoms with Gasteiger partial charge in [-0.15, -0.1) is 0 Å². The van der Waals surface area contributed by atoms with E-state index < -0.39 is 0 Å². The van der Waals surface area contributed by atoms with Crippen molar-refractivity contribution < 1.29 is 9.90 Å². The van der Waals surface area contributed by atoms with Crippen molar-refractivity contribution in [2.24, 2.45) is 4.99 Å². The van der Waals surface area contributed by atoms with E-state index in [1.165, 1.54) is 5.56 Å². The van der Waals surface area contributed by atoms with E-state index in [2.05, 4.69) is 23.8 Å². The number of aromatic nitrogens is 1. The average molecular weight is 324 g/mol. The van der Waals surface area contributed by atoms with Gasteiger partial charge in [-0.25, -0.2) is 0 Å². The average Bonchev–Trinajstić information content (AvgIpc) is 2.96. The maximum atomic E-state index is 12.8. The molecule has 1 aromatic heterocycles. The molecule has 0 saturated carbocycles. The van der Waals surface area contributed by atoms with Gasteiger partial charge in [-0.2, -0.15) is 0 Å². The van der Waals surface area contributed by atoms with Crippen LogP contribution in [-0.4, -0.2) is 21.6 Å². The molecule has 4 nitrogen and oxygen atoms in total. The fraction of sp³-hybridized carbons (Fsp3) is 0.400.